The van der Waals surface area contributed by atoms with Crippen LogP contribution in [-0.4, -0.2) is 69.4 Å². The standard InChI is InChI=1S/C57H109N2O7P/c1-7-10-13-16-19-22-25-28-29-32-35-38-41-44-47-50-57(61)66-55(48-45-42-39-36-33-30-26-23-20-17-14-11-8-2)54(53-65-67(62,63)64-52-51-59(4,5)6)58-56(60)49-46-43-40-37-34-31-27-24-21-18-15-12-9-3/h31,34,40,43,45,48,54-55H,7-30,32-33,35-39,41-42,44,46-47,49-53H2,1-6H3,(H-,58,60,62,63)/b34-31-,43-40+,48-45+. The van der Waals surface area contributed by atoms with Crippen molar-refractivity contribution in [3.8, 4) is 0 Å². The van der Waals surface area contributed by atoms with Crippen molar-refractivity contribution >= 4 is 19.7 Å². The number of carbonyl (C=O) groups is 2. The highest BCUT2D eigenvalue weighted by molar-refractivity contribution is 7.45. The molecule has 10 heteroatoms. The van der Waals surface area contributed by atoms with E-state index in [1.54, 1.807) is 0 Å². The number of likely N-dealkylation sites (N-methyl/N-ethyl adjacent to an activating group) is 1. The molecular formula is C57H109N2O7P. The number of nitrogens with zero attached hydrogens (tertiary/aromatic N) is 1. The average molecular weight is 965 g/mol. The predicted molar refractivity (Wildman–Crippen MR) is 284 cm³/mol. The van der Waals surface area contributed by atoms with E-state index in [4.69, 9.17) is 13.8 Å². The highest BCUT2D eigenvalue weighted by Gasteiger charge is 2.27. The van der Waals surface area contributed by atoms with E-state index in [2.05, 4.69) is 44.3 Å². The Morgan fingerprint density at radius 2 is 0.925 bits per heavy atom. The molecule has 9 nitrogen and oxygen atoms in total. The van der Waals surface area contributed by atoms with Crippen LogP contribution in [0.1, 0.15) is 265 Å². The summed E-state index contributed by atoms with van der Waals surface area (Å²) in [5, 5.41) is 2.98. The van der Waals surface area contributed by atoms with Gasteiger partial charge in [0.15, 0.2) is 0 Å². The number of allylic oxidation sites excluding steroid dienone is 5. The SMILES string of the molecule is CCCCCCCC/C=C\C/C=C/CCC(=O)NC(COP(=O)([O-])OCC[N+](C)(C)C)C(/C=C/CCCCCCCCCCCCC)OC(=O)CCCCCCCCCCCCCCCCC. The first-order valence-corrected chi connectivity index (χ1v) is 29.8. The van der Waals surface area contributed by atoms with E-state index >= 15 is 0 Å². The zero-order valence-electron chi connectivity index (χ0n) is 44.9. The van der Waals surface area contributed by atoms with Crippen molar-refractivity contribution in [2.75, 3.05) is 40.9 Å². The van der Waals surface area contributed by atoms with Gasteiger partial charge in [0.05, 0.1) is 33.8 Å². The molecule has 0 heterocycles. The lowest BCUT2D eigenvalue weighted by Crippen LogP contribution is -2.47. The first kappa shape index (κ1) is 65.2. The number of unbranched alkanes of at least 4 members (excludes halogenated alkanes) is 31. The van der Waals surface area contributed by atoms with Crippen molar-refractivity contribution in [3.63, 3.8) is 0 Å². The Bertz CT molecular complexity index is 1250. The maximum absolute atomic E-state index is 13.4. The van der Waals surface area contributed by atoms with Gasteiger partial charge < -0.3 is 28.5 Å². The summed E-state index contributed by atoms with van der Waals surface area (Å²) >= 11 is 0. The van der Waals surface area contributed by atoms with Crippen LogP contribution in [0.5, 0.6) is 0 Å². The molecule has 0 aliphatic carbocycles. The Morgan fingerprint density at radius 1 is 0.522 bits per heavy atom. The molecule has 0 bridgehead atoms. The second-order valence-corrected chi connectivity index (χ2v) is 21.9. The number of esters is 1. The van der Waals surface area contributed by atoms with E-state index in [-0.39, 0.29) is 31.3 Å². The van der Waals surface area contributed by atoms with Gasteiger partial charge in [0, 0.05) is 12.8 Å². The second-order valence-electron chi connectivity index (χ2n) is 20.4. The Labute approximate surface area is 415 Å². The van der Waals surface area contributed by atoms with Gasteiger partial charge in [-0.15, -0.1) is 0 Å². The van der Waals surface area contributed by atoms with Crippen LogP contribution in [0.3, 0.4) is 0 Å². The summed E-state index contributed by atoms with van der Waals surface area (Å²) in [6.45, 7) is 6.80. The third-order valence-corrected chi connectivity index (χ3v) is 13.6. The normalized spacial score (nSPS) is 14.1. The van der Waals surface area contributed by atoms with Gasteiger partial charge in [-0.3, -0.25) is 14.2 Å². The third kappa shape index (κ3) is 49.0. The summed E-state index contributed by atoms with van der Waals surface area (Å²) in [7, 11) is 1.16. The number of amides is 1. The van der Waals surface area contributed by atoms with Gasteiger partial charge in [-0.05, 0) is 51.0 Å². The molecular weight excluding hydrogens is 856 g/mol. The summed E-state index contributed by atoms with van der Waals surface area (Å²) in [5.41, 5.74) is 0. The molecule has 0 fully saturated rings. The van der Waals surface area contributed by atoms with E-state index in [1.807, 2.05) is 39.4 Å². The molecule has 67 heavy (non-hydrogen) atoms. The topological polar surface area (TPSA) is 114 Å². The third-order valence-electron chi connectivity index (χ3n) is 12.6. The first-order valence-electron chi connectivity index (χ1n) is 28.3. The van der Waals surface area contributed by atoms with Crippen LogP contribution in [0.2, 0.25) is 0 Å². The van der Waals surface area contributed by atoms with Crippen molar-refractivity contribution in [2.24, 2.45) is 0 Å². The molecule has 1 N–H and O–H groups in total. The lowest BCUT2D eigenvalue weighted by atomic mass is 10.0. The van der Waals surface area contributed by atoms with Crippen molar-refractivity contribution < 1.29 is 37.3 Å². The number of phosphoric acid groups is 1. The monoisotopic (exact) mass is 965 g/mol. The Balaban J connectivity index is 5.43. The van der Waals surface area contributed by atoms with Crippen LogP contribution < -0.4 is 10.2 Å². The average Bonchev–Trinajstić information content (AvgIpc) is 3.28. The molecule has 3 unspecified atom stereocenters. The van der Waals surface area contributed by atoms with E-state index in [0.717, 1.165) is 51.4 Å². The van der Waals surface area contributed by atoms with Crippen LogP contribution in [0.4, 0.5) is 0 Å². The smallest absolute Gasteiger partial charge is 0.306 e. The molecule has 0 aromatic carbocycles. The fraction of sp³-hybridized carbons (Fsp3) is 0.860. The summed E-state index contributed by atoms with van der Waals surface area (Å²) in [5.74, 6) is -0.610. The Morgan fingerprint density at radius 3 is 1.37 bits per heavy atom. The molecule has 0 aromatic heterocycles. The minimum atomic E-state index is -4.70. The van der Waals surface area contributed by atoms with Gasteiger partial charge in [0.2, 0.25) is 5.91 Å². The van der Waals surface area contributed by atoms with E-state index < -0.39 is 26.6 Å². The highest BCUT2D eigenvalue weighted by atomic mass is 31.2. The van der Waals surface area contributed by atoms with Crippen LogP contribution in [0.15, 0.2) is 36.5 Å². The highest BCUT2D eigenvalue weighted by Crippen LogP contribution is 2.38. The van der Waals surface area contributed by atoms with Gasteiger partial charge in [0.1, 0.15) is 19.3 Å². The van der Waals surface area contributed by atoms with Gasteiger partial charge >= 0.3 is 5.97 Å². The van der Waals surface area contributed by atoms with Gasteiger partial charge in [-0.1, -0.05) is 237 Å². The number of hydrogen-bond donors (Lipinski definition) is 1. The van der Waals surface area contributed by atoms with Crippen molar-refractivity contribution in [1.29, 1.82) is 0 Å². The van der Waals surface area contributed by atoms with Crippen LogP contribution in [0.25, 0.3) is 0 Å². The van der Waals surface area contributed by atoms with E-state index in [1.165, 1.54) is 173 Å². The number of quaternary nitrogens is 1. The minimum absolute atomic E-state index is 0.0294. The molecule has 0 aliphatic rings. The maximum atomic E-state index is 13.4. The molecule has 3 atom stereocenters. The summed E-state index contributed by atoms with van der Waals surface area (Å²) in [6, 6.07) is -0.913. The molecule has 0 rings (SSSR count). The molecule has 0 radical (unpaired) electrons. The van der Waals surface area contributed by atoms with Gasteiger partial charge in [-0.2, -0.15) is 0 Å². The number of nitrogens with one attached hydrogen (secondary N) is 1. The fourth-order valence-corrected chi connectivity index (χ4v) is 8.88. The fourth-order valence-electron chi connectivity index (χ4n) is 8.16. The van der Waals surface area contributed by atoms with Crippen LogP contribution in [-0.2, 0) is 27.9 Å². The van der Waals surface area contributed by atoms with E-state index in [9.17, 15) is 19.0 Å². The number of carbonyl (C=O) groups excluding carboxylic acids is 2. The maximum Gasteiger partial charge on any atom is 0.306 e. The second kappa shape index (κ2) is 47.9. The van der Waals surface area contributed by atoms with Crippen molar-refractivity contribution in [3.05, 3.63) is 36.5 Å². The van der Waals surface area contributed by atoms with Crippen molar-refractivity contribution in [2.45, 2.75) is 277 Å². The number of ether oxygens (including phenoxy) is 1. The molecule has 0 aromatic rings. The molecule has 0 saturated heterocycles. The summed E-state index contributed by atoms with van der Waals surface area (Å²) in [4.78, 5) is 39.7. The van der Waals surface area contributed by atoms with Crippen LogP contribution >= 0.6 is 7.82 Å². The molecule has 394 valence electrons. The lowest BCUT2D eigenvalue weighted by molar-refractivity contribution is -0.870. The minimum Gasteiger partial charge on any atom is -0.756 e. The van der Waals surface area contributed by atoms with Gasteiger partial charge in [-0.25, -0.2) is 0 Å². The Hall–Kier alpha value is -1.77. The quantitative estimate of drug-likeness (QED) is 0.0212. The largest absolute Gasteiger partial charge is 0.756 e. The summed E-state index contributed by atoms with van der Waals surface area (Å²) < 4.78 is 30.2. The van der Waals surface area contributed by atoms with Crippen LogP contribution in [0, 0.1) is 0 Å². The van der Waals surface area contributed by atoms with Gasteiger partial charge in [0.25, 0.3) is 7.82 Å². The molecule has 0 saturated carbocycles. The molecule has 0 aliphatic heterocycles. The number of hydrogen-bond acceptors (Lipinski definition) is 7. The number of phosphoric ester groups is 1. The lowest BCUT2D eigenvalue weighted by Gasteiger charge is -2.30. The molecule has 0 spiro atoms. The zero-order chi connectivity index (χ0) is 49.4. The zero-order valence-corrected chi connectivity index (χ0v) is 45.8. The Kier molecular flexibility index (Phi) is 46.6. The number of rotatable bonds is 51. The molecule has 1 amide bonds. The predicted octanol–water partition coefficient (Wildman–Crippen LogP) is 16.1. The van der Waals surface area contributed by atoms with E-state index in [0.29, 0.717) is 17.4 Å². The summed E-state index contributed by atoms with van der Waals surface area (Å²) in [6.07, 6.45) is 55.5. The van der Waals surface area contributed by atoms with Crippen molar-refractivity contribution in [1.82, 2.24) is 5.32 Å². The first-order chi connectivity index (χ1) is 32.4.